The molecule has 0 fully saturated rings. The summed E-state index contributed by atoms with van der Waals surface area (Å²) < 4.78 is 5.75. The van der Waals surface area contributed by atoms with E-state index in [0.717, 1.165) is 22.4 Å². The summed E-state index contributed by atoms with van der Waals surface area (Å²) >= 11 is 0. The molecule has 0 saturated carbocycles. The fraction of sp³-hybridized carbons (Fsp3) is 0.222. The van der Waals surface area contributed by atoms with Gasteiger partial charge in [0.1, 0.15) is 12.4 Å². The maximum atomic E-state index is 10.1. The summed E-state index contributed by atoms with van der Waals surface area (Å²) in [5, 5.41) is 10.1. The van der Waals surface area contributed by atoms with Crippen LogP contribution in [0, 0.1) is 0 Å². The molecule has 2 aromatic carbocycles. The summed E-state index contributed by atoms with van der Waals surface area (Å²) in [6.45, 7) is 6.27. The lowest BCUT2D eigenvalue weighted by Crippen LogP contribution is -2.00. The van der Waals surface area contributed by atoms with Crippen molar-refractivity contribution in [3.8, 4) is 5.75 Å². The molecule has 2 aromatic rings. The highest BCUT2D eigenvalue weighted by Crippen LogP contribution is 2.24. The molecule has 0 heterocycles. The Labute approximate surface area is 120 Å². The third-order valence-electron chi connectivity index (χ3n) is 3.03. The van der Waals surface area contributed by atoms with Gasteiger partial charge >= 0.3 is 0 Å². The van der Waals surface area contributed by atoms with Crippen LogP contribution in [0.25, 0.3) is 0 Å². The lowest BCUT2D eigenvalue weighted by atomic mass is 10.0. The Balaban J connectivity index is 2.01. The first-order valence-corrected chi connectivity index (χ1v) is 6.74. The SMILES string of the molecule is C=C(C)CC(O)c1cccc(OCc2ccccc2)c1. The molecule has 1 atom stereocenters. The summed E-state index contributed by atoms with van der Waals surface area (Å²) in [7, 11) is 0. The van der Waals surface area contributed by atoms with Gasteiger partial charge in [-0.3, -0.25) is 0 Å². The van der Waals surface area contributed by atoms with Crippen LogP contribution in [-0.2, 0) is 6.61 Å². The molecule has 0 saturated heterocycles. The quantitative estimate of drug-likeness (QED) is 0.793. The molecule has 0 aromatic heterocycles. The lowest BCUT2D eigenvalue weighted by molar-refractivity contribution is 0.177. The fourth-order valence-corrected chi connectivity index (χ4v) is 2.00. The molecule has 2 rings (SSSR count). The van der Waals surface area contributed by atoms with Gasteiger partial charge in [-0.25, -0.2) is 0 Å². The minimum atomic E-state index is -0.521. The van der Waals surface area contributed by atoms with Crippen molar-refractivity contribution in [3.63, 3.8) is 0 Å². The molecule has 104 valence electrons. The topological polar surface area (TPSA) is 29.5 Å². The van der Waals surface area contributed by atoms with Crippen LogP contribution in [-0.4, -0.2) is 5.11 Å². The number of benzene rings is 2. The van der Waals surface area contributed by atoms with Crippen molar-refractivity contribution in [2.24, 2.45) is 0 Å². The molecule has 0 aliphatic heterocycles. The third kappa shape index (κ3) is 4.25. The van der Waals surface area contributed by atoms with Gasteiger partial charge in [-0.2, -0.15) is 0 Å². The van der Waals surface area contributed by atoms with E-state index in [2.05, 4.69) is 6.58 Å². The normalized spacial score (nSPS) is 11.9. The summed E-state index contributed by atoms with van der Waals surface area (Å²) in [5.41, 5.74) is 2.95. The molecule has 0 radical (unpaired) electrons. The zero-order valence-electron chi connectivity index (χ0n) is 11.8. The van der Waals surface area contributed by atoms with Gasteiger partial charge in [-0.1, -0.05) is 48.0 Å². The minimum Gasteiger partial charge on any atom is -0.489 e. The van der Waals surface area contributed by atoms with E-state index in [0.29, 0.717) is 13.0 Å². The Kier molecular flexibility index (Phi) is 4.97. The van der Waals surface area contributed by atoms with Crippen LogP contribution in [0.2, 0.25) is 0 Å². The first-order valence-electron chi connectivity index (χ1n) is 6.74. The van der Waals surface area contributed by atoms with Crippen molar-refractivity contribution < 1.29 is 9.84 Å². The second kappa shape index (κ2) is 6.92. The Bertz CT molecular complexity index is 561. The molecule has 2 nitrogen and oxygen atoms in total. The van der Waals surface area contributed by atoms with Crippen molar-refractivity contribution in [1.29, 1.82) is 0 Å². The van der Waals surface area contributed by atoms with Gasteiger partial charge in [0.15, 0.2) is 0 Å². The average Bonchev–Trinajstić information content (AvgIpc) is 2.46. The summed E-state index contributed by atoms with van der Waals surface area (Å²) in [5.74, 6) is 0.770. The summed E-state index contributed by atoms with van der Waals surface area (Å²) in [4.78, 5) is 0. The van der Waals surface area contributed by atoms with Crippen LogP contribution in [0.5, 0.6) is 5.75 Å². The van der Waals surface area contributed by atoms with Crippen LogP contribution >= 0.6 is 0 Å². The Hall–Kier alpha value is -2.06. The van der Waals surface area contributed by atoms with Crippen molar-refractivity contribution >= 4 is 0 Å². The van der Waals surface area contributed by atoms with Crippen LogP contribution in [0.1, 0.15) is 30.6 Å². The van der Waals surface area contributed by atoms with Crippen molar-refractivity contribution in [3.05, 3.63) is 77.9 Å². The summed E-state index contributed by atoms with van der Waals surface area (Å²) in [6.07, 6.45) is 0.0510. The molecule has 20 heavy (non-hydrogen) atoms. The standard InChI is InChI=1S/C18H20O2/c1-14(2)11-18(19)16-9-6-10-17(12-16)20-13-15-7-4-3-5-8-15/h3-10,12,18-19H,1,11,13H2,2H3. The Morgan fingerprint density at radius 3 is 2.60 bits per heavy atom. The van der Waals surface area contributed by atoms with Gasteiger partial charge in [0.2, 0.25) is 0 Å². The third-order valence-corrected chi connectivity index (χ3v) is 3.03. The minimum absolute atomic E-state index is 0.521. The molecular formula is C18H20O2. The average molecular weight is 268 g/mol. The van der Waals surface area contributed by atoms with Crippen LogP contribution < -0.4 is 4.74 Å². The number of aliphatic hydroxyl groups is 1. The first kappa shape index (κ1) is 14.4. The maximum absolute atomic E-state index is 10.1. The van der Waals surface area contributed by atoms with E-state index < -0.39 is 6.10 Å². The molecule has 1 N–H and O–H groups in total. The van der Waals surface area contributed by atoms with Gasteiger partial charge in [0, 0.05) is 0 Å². The predicted molar refractivity (Wildman–Crippen MR) is 81.6 cm³/mol. The van der Waals surface area contributed by atoms with Gasteiger partial charge in [-0.05, 0) is 36.6 Å². The van der Waals surface area contributed by atoms with E-state index in [1.54, 1.807) is 0 Å². The molecule has 0 amide bonds. The molecule has 0 aliphatic carbocycles. The maximum Gasteiger partial charge on any atom is 0.120 e. The molecule has 1 unspecified atom stereocenters. The van der Waals surface area contributed by atoms with E-state index in [1.165, 1.54) is 0 Å². The van der Waals surface area contributed by atoms with Crippen molar-refractivity contribution in [1.82, 2.24) is 0 Å². The monoisotopic (exact) mass is 268 g/mol. The zero-order valence-corrected chi connectivity index (χ0v) is 11.8. The van der Waals surface area contributed by atoms with Crippen LogP contribution in [0.4, 0.5) is 0 Å². The largest absolute Gasteiger partial charge is 0.489 e. The molecule has 2 heteroatoms. The van der Waals surface area contributed by atoms with Crippen molar-refractivity contribution in [2.75, 3.05) is 0 Å². The summed E-state index contributed by atoms with van der Waals surface area (Å²) in [6, 6.07) is 17.6. The van der Waals surface area contributed by atoms with Gasteiger partial charge in [-0.15, -0.1) is 6.58 Å². The molecular weight excluding hydrogens is 248 g/mol. The van der Waals surface area contributed by atoms with E-state index in [9.17, 15) is 5.11 Å². The van der Waals surface area contributed by atoms with Crippen LogP contribution in [0.15, 0.2) is 66.7 Å². The van der Waals surface area contributed by atoms with Gasteiger partial charge in [0.05, 0.1) is 6.10 Å². The first-order chi connectivity index (χ1) is 9.65. The number of hydrogen-bond acceptors (Lipinski definition) is 2. The lowest BCUT2D eigenvalue weighted by Gasteiger charge is -2.13. The fourth-order valence-electron chi connectivity index (χ4n) is 2.00. The van der Waals surface area contributed by atoms with E-state index in [4.69, 9.17) is 4.74 Å². The highest BCUT2D eigenvalue weighted by molar-refractivity contribution is 5.30. The van der Waals surface area contributed by atoms with Gasteiger partial charge in [0.25, 0.3) is 0 Å². The van der Waals surface area contributed by atoms with Gasteiger partial charge < -0.3 is 9.84 Å². The Morgan fingerprint density at radius 2 is 1.90 bits per heavy atom. The van der Waals surface area contributed by atoms with Crippen molar-refractivity contribution in [2.45, 2.75) is 26.1 Å². The van der Waals surface area contributed by atoms with E-state index in [-0.39, 0.29) is 0 Å². The number of rotatable bonds is 6. The van der Waals surface area contributed by atoms with Crippen LogP contribution in [0.3, 0.4) is 0 Å². The second-order valence-corrected chi connectivity index (χ2v) is 5.02. The van der Waals surface area contributed by atoms with E-state index >= 15 is 0 Å². The molecule has 0 bridgehead atoms. The molecule has 0 spiro atoms. The van der Waals surface area contributed by atoms with E-state index in [1.807, 2.05) is 61.5 Å². The predicted octanol–water partition coefficient (Wildman–Crippen LogP) is 4.27. The number of hydrogen-bond donors (Lipinski definition) is 1. The number of aliphatic hydroxyl groups excluding tert-OH is 1. The second-order valence-electron chi connectivity index (χ2n) is 5.02. The highest BCUT2D eigenvalue weighted by atomic mass is 16.5. The Morgan fingerprint density at radius 1 is 1.15 bits per heavy atom. The number of ether oxygens (including phenoxy) is 1. The molecule has 0 aliphatic rings. The highest BCUT2D eigenvalue weighted by Gasteiger charge is 2.08. The zero-order chi connectivity index (χ0) is 14.4. The smallest absolute Gasteiger partial charge is 0.120 e.